The molecule has 0 aliphatic carbocycles. The molecule has 1 heterocycles. The molecule has 0 unspecified atom stereocenters. The molecular weight excluding hydrogens is 214 g/mol. The van der Waals surface area contributed by atoms with Crippen LogP contribution in [0.5, 0.6) is 0 Å². The van der Waals surface area contributed by atoms with Crippen molar-refractivity contribution in [3.05, 3.63) is 42.2 Å². The molecule has 3 heteroatoms. The van der Waals surface area contributed by atoms with Crippen molar-refractivity contribution in [2.45, 2.75) is 0 Å². The highest BCUT2D eigenvalue weighted by Crippen LogP contribution is 2.19. The van der Waals surface area contributed by atoms with Crippen LogP contribution in [-0.2, 0) is 4.79 Å². The van der Waals surface area contributed by atoms with Crippen molar-refractivity contribution in [2.24, 2.45) is 0 Å². The SMILES string of the molecule is C#CCNC(=O)/C=C/c1cc2ccccc2o1. The molecule has 3 nitrogen and oxygen atoms in total. The predicted octanol–water partition coefficient (Wildman–Crippen LogP) is 2.20. The minimum atomic E-state index is -0.233. The van der Waals surface area contributed by atoms with Gasteiger partial charge < -0.3 is 9.73 Å². The summed E-state index contributed by atoms with van der Waals surface area (Å²) in [6.07, 6.45) is 8.04. The monoisotopic (exact) mass is 225 g/mol. The van der Waals surface area contributed by atoms with Crippen molar-refractivity contribution < 1.29 is 9.21 Å². The van der Waals surface area contributed by atoms with Crippen LogP contribution < -0.4 is 5.32 Å². The van der Waals surface area contributed by atoms with E-state index in [0.717, 1.165) is 11.0 Å². The number of hydrogen-bond acceptors (Lipinski definition) is 2. The van der Waals surface area contributed by atoms with E-state index in [0.29, 0.717) is 5.76 Å². The highest BCUT2D eigenvalue weighted by Gasteiger charge is 2.00. The van der Waals surface area contributed by atoms with Crippen LogP contribution in [0.2, 0.25) is 0 Å². The van der Waals surface area contributed by atoms with E-state index in [1.165, 1.54) is 6.08 Å². The fraction of sp³-hybridized carbons (Fsp3) is 0.0714. The number of hydrogen-bond donors (Lipinski definition) is 1. The van der Waals surface area contributed by atoms with Gasteiger partial charge in [-0.1, -0.05) is 24.1 Å². The first-order valence-electron chi connectivity index (χ1n) is 5.17. The summed E-state index contributed by atoms with van der Waals surface area (Å²) in [5.74, 6) is 2.74. The summed E-state index contributed by atoms with van der Waals surface area (Å²) in [6.45, 7) is 0.225. The Balaban J connectivity index is 2.11. The highest BCUT2D eigenvalue weighted by atomic mass is 16.3. The van der Waals surface area contributed by atoms with Crippen LogP contribution in [0.3, 0.4) is 0 Å². The molecule has 1 aromatic heterocycles. The van der Waals surface area contributed by atoms with E-state index in [4.69, 9.17) is 10.8 Å². The summed E-state index contributed by atoms with van der Waals surface area (Å²) >= 11 is 0. The largest absolute Gasteiger partial charge is 0.457 e. The van der Waals surface area contributed by atoms with E-state index in [2.05, 4.69) is 11.2 Å². The number of rotatable bonds is 3. The first-order chi connectivity index (χ1) is 8.29. The third-order valence-electron chi connectivity index (χ3n) is 2.21. The van der Waals surface area contributed by atoms with Gasteiger partial charge in [-0.3, -0.25) is 4.79 Å². The first kappa shape index (κ1) is 11.0. The van der Waals surface area contributed by atoms with Gasteiger partial charge in [0.15, 0.2) is 0 Å². The fourth-order valence-electron chi connectivity index (χ4n) is 1.44. The number of para-hydroxylation sites is 1. The van der Waals surface area contributed by atoms with E-state index < -0.39 is 0 Å². The summed E-state index contributed by atoms with van der Waals surface area (Å²) in [5.41, 5.74) is 0.802. The molecule has 2 aromatic rings. The maximum Gasteiger partial charge on any atom is 0.244 e. The van der Waals surface area contributed by atoms with Gasteiger partial charge in [0.1, 0.15) is 11.3 Å². The second kappa shape index (κ2) is 5.04. The Morgan fingerprint density at radius 2 is 2.29 bits per heavy atom. The smallest absolute Gasteiger partial charge is 0.244 e. The third kappa shape index (κ3) is 2.76. The first-order valence-corrected chi connectivity index (χ1v) is 5.17. The average Bonchev–Trinajstić information content (AvgIpc) is 2.76. The van der Waals surface area contributed by atoms with Gasteiger partial charge in [0.25, 0.3) is 0 Å². The van der Waals surface area contributed by atoms with Crippen LogP contribution in [0.25, 0.3) is 17.0 Å². The maximum atomic E-state index is 11.3. The number of nitrogens with one attached hydrogen (secondary N) is 1. The van der Waals surface area contributed by atoms with E-state index in [9.17, 15) is 4.79 Å². The van der Waals surface area contributed by atoms with Gasteiger partial charge in [-0.15, -0.1) is 6.42 Å². The zero-order chi connectivity index (χ0) is 12.1. The van der Waals surface area contributed by atoms with Gasteiger partial charge in [-0.05, 0) is 18.2 Å². The Hall–Kier alpha value is -2.47. The van der Waals surface area contributed by atoms with Crippen LogP contribution in [0.15, 0.2) is 40.8 Å². The molecule has 0 radical (unpaired) electrons. The van der Waals surface area contributed by atoms with Crippen molar-refractivity contribution in [3.63, 3.8) is 0 Å². The van der Waals surface area contributed by atoms with E-state index in [-0.39, 0.29) is 12.5 Å². The Bertz CT molecular complexity index is 569. The molecule has 1 aromatic carbocycles. The van der Waals surface area contributed by atoms with Crippen LogP contribution >= 0.6 is 0 Å². The lowest BCUT2D eigenvalue weighted by Crippen LogP contribution is -2.20. The Kier molecular flexibility index (Phi) is 3.27. The quantitative estimate of drug-likeness (QED) is 0.642. The summed E-state index contributed by atoms with van der Waals surface area (Å²) in [5, 5.41) is 3.54. The third-order valence-corrected chi connectivity index (χ3v) is 2.21. The number of amides is 1. The zero-order valence-electron chi connectivity index (χ0n) is 9.14. The Labute approximate surface area is 99.1 Å². The standard InChI is InChI=1S/C14H11NO2/c1-2-9-15-14(16)8-7-12-10-11-5-3-4-6-13(11)17-12/h1,3-8,10H,9H2,(H,15,16)/b8-7+. The topological polar surface area (TPSA) is 42.2 Å². The summed E-state index contributed by atoms with van der Waals surface area (Å²) < 4.78 is 5.52. The number of benzene rings is 1. The highest BCUT2D eigenvalue weighted by molar-refractivity contribution is 5.92. The molecule has 2 rings (SSSR count). The minimum Gasteiger partial charge on any atom is -0.457 e. The van der Waals surface area contributed by atoms with Gasteiger partial charge in [-0.2, -0.15) is 0 Å². The number of terminal acetylenes is 1. The van der Waals surface area contributed by atoms with Crippen LogP contribution in [0.1, 0.15) is 5.76 Å². The van der Waals surface area contributed by atoms with Crippen molar-refractivity contribution >= 4 is 23.0 Å². The second-order valence-electron chi connectivity index (χ2n) is 3.44. The molecule has 0 aliphatic rings. The summed E-state index contributed by atoms with van der Waals surface area (Å²) in [7, 11) is 0. The normalized spacial score (nSPS) is 10.5. The van der Waals surface area contributed by atoms with Crippen molar-refractivity contribution in [1.82, 2.24) is 5.32 Å². The van der Waals surface area contributed by atoms with Crippen LogP contribution in [-0.4, -0.2) is 12.5 Å². The number of fused-ring (bicyclic) bond motifs is 1. The number of carbonyl (C=O) groups is 1. The molecule has 0 fully saturated rings. The fourth-order valence-corrected chi connectivity index (χ4v) is 1.44. The lowest BCUT2D eigenvalue weighted by Gasteiger charge is -1.92. The second-order valence-corrected chi connectivity index (χ2v) is 3.44. The maximum absolute atomic E-state index is 11.3. The number of carbonyl (C=O) groups excluding carboxylic acids is 1. The molecule has 0 atom stereocenters. The molecular formula is C14H11NO2. The number of furan rings is 1. The van der Waals surface area contributed by atoms with Gasteiger partial charge in [0, 0.05) is 11.5 Å². The van der Waals surface area contributed by atoms with Crippen molar-refractivity contribution in [3.8, 4) is 12.3 Å². The lowest BCUT2D eigenvalue weighted by molar-refractivity contribution is -0.116. The molecule has 0 saturated heterocycles. The summed E-state index contributed by atoms with van der Waals surface area (Å²) in [4.78, 5) is 11.3. The molecule has 0 saturated carbocycles. The molecule has 84 valence electrons. The molecule has 1 amide bonds. The molecule has 1 N–H and O–H groups in total. The van der Waals surface area contributed by atoms with Gasteiger partial charge >= 0.3 is 0 Å². The van der Waals surface area contributed by atoms with Gasteiger partial charge in [-0.25, -0.2) is 0 Å². The van der Waals surface area contributed by atoms with E-state index in [1.807, 2.05) is 30.3 Å². The Morgan fingerprint density at radius 1 is 1.47 bits per heavy atom. The Morgan fingerprint density at radius 3 is 3.06 bits per heavy atom. The van der Waals surface area contributed by atoms with Crippen LogP contribution in [0, 0.1) is 12.3 Å². The van der Waals surface area contributed by atoms with Gasteiger partial charge in [0.05, 0.1) is 6.54 Å². The molecule has 17 heavy (non-hydrogen) atoms. The average molecular weight is 225 g/mol. The summed E-state index contributed by atoms with van der Waals surface area (Å²) in [6, 6.07) is 9.55. The van der Waals surface area contributed by atoms with Crippen molar-refractivity contribution in [2.75, 3.05) is 6.54 Å². The van der Waals surface area contributed by atoms with E-state index in [1.54, 1.807) is 6.08 Å². The minimum absolute atomic E-state index is 0.225. The predicted molar refractivity (Wildman–Crippen MR) is 67.1 cm³/mol. The van der Waals surface area contributed by atoms with E-state index >= 15 is 0 Å². The molecule has 0 bridgehead atoms. The molecule has 0 aliphatic heterocycles. The van der Waals surface area contributed by atoms with Crippen molar-refractivity contribution in [1.29, 1.82) is 0 Å². The zero-order valence-corrected chi connectivity index (χ0v) is 9.14. The van der Waals surface area contributed by atoms with Gasteiger partial charge in [0.2, 0.25) is 5.91 Å². The van der Waals surface area contributed by atoms with Crippen LogP contribution in [0.4, 0.5) is 0 Å². The lowest BCUT2D eigenvalue weighted by atomic mass is 10.2. The molecule has 0 spiro atoms.